The third-order valence-corrected chi connectivity index (χ3v) is 1.84. The average Bonchev–Trinajstić information content (AvgIpc) is 2.06. The molecule has 1 rings (SSSR count). The summed E-state index contributed by atoms with van der Waals surface area (Å²) in [6, 6.07) is 3.16. The summed E-state index contributed by atoms with van der Waals surface area (Å²) in [7, 11) is 0. The van der Waals surface area contributed by atoms with Gasteiger partial charge < -0.3 is 10.2 Å². The van der Waals surface area contributed by atoms with Crippen LogP contribution in [0.2, 0.25) is 0 Å². The topological polar surface area (TPSA) is 40.5 Å². The van der Waals surface area contributed by atoms with Crippen LogP contribution in [0.15, 0.2) is 12.1 Å². The molecule has 0 saturated carbocycles. The van der Waals surface area contributed by atoms with Gasteiger partial charge in [-0.2, -0.15) is 0 Å². The van der Waals surface area contributed by atoms with E-state index in [1.807, 2.05) is 6.92 Å². The quantitative estimate of drug-likeness (QED) is 0.705. The fourth-order valence-corrected chi connectivity index (χ4v) is 1.17. The van der Waals surface area contributed by atoms with Gasteiger partial charge in [-0.15, -0.1) is 0 Å². The number of phenols is 2. The summed E-state index contributed by atoms with van der Waals surface area (Å²) >= 11 is 0. The molecule has 0 heterocycles. The van der Waals surface area contributed by atoms with Crippen molar-refractivity contribution in [2.24, 2.45) is 0 Å². The van der Waals surface area contributed by atoms with Crippen LogP contribution in [-0.2, 0) is 6.42 Å². The number of benzene rings is 1. The van der Waals surface area contributed by atoms with Gasteiger partial charge in [0.15, 0.2) is 0 Å². The van der Waals surface area contributed by atoms with E-state index in [1.165, 1.54) is 0 Å². The molecule has 65 valence electrons. The monoisotopic (exact) mass is 165 g/mol. The zero-order chi connectivity index (χ0) is 9.14. The average molecular weight is 165 g/mol. The first-order valence-electron chi connectivity index (χ1n) is 4.02. The van der Waals surface area contributed by atoms with Gasteiger partial charge >= 0.3 is 0 Å². The van der Waals surface area contributed by atoms with Crippen molar-refractivity contribution >= 4 is 0 Å². The molecular weight excluding hydrogens is 152 g/mol. The highest BCUT2D eigenvalue weighted by Gasteiger charge is 2.07. The van der Waals surface area contributed by atoms with Crippen LogP contribution in [-0.4, -0.2) is 10.2 Å². The van der Waals surface area contributed by atoms with E-state index >= 15 is 0 Å². The molecule has 1 aromatic rings. The molecule has 0 fully saturated rings. The largest absolute Gasteiger partial charge is 0.508 e. The maximum Gasteiger partial charge on any atom is 0.125 e. The van der Waals surface area contributed by atoms with Crippen LogP contribution in [0.5, 0.6) is 11.5 Å². The molecule has 0 atom stereocenters. The number of hydrogen-bond donors (Lipinski definition) is 2. The lowest BCUT2D eigenvalue weighted by Crippen LogP contribution is -1.87. The molecule has 0 spiro atoms. The summed E-state index contributed by atoms with van der Waals surface area (Å²) in [5.41, 5.74) is 1.17. The van der Waals surface area contributed by atoms with Gasteiger partial charge in [-0.3, -0.25) is 0 Å². The maximum absolute atomic E-state index is 9.49. The van der Waals surface area contributed by atoms with Crippen molar-refractivity contribution in [3.05, 3.63) is 30.2 Å². The Balaban J connectivity index is 3.14. The lowest BCUT2D eigenvalue weighted by Gasteiger charge is -2.07. The fourth-order valence-electron chi connectivity index (χ4n) is 1.17. The van der Waals surface area contributed by atoms with Crippen LogP contribution in [0.1, 0.15) is 24.5 Å². The first-order valence-corrected chi connectivity index (χ1v) is 4.02. The number of hydrogen-bond acceptors (Lipinski definition) is 2. The Morgan fingerprint density at radius 2 is 2.00 bits per heavy atom. The van der Waals surface area contributed by atoms with Crippen LogP contribution in [0, 0.1) is 6.92 Å². The highest BCUT2D eigenvalue weighted by atomic mass is 16.3. The first-order chi connectivity index (χ1) is 5.66. The van der Waals surface area contributed by atoms with Crippen LogP contribution in [0.3, 0.4) is 0 Å². The Kier molecular flexibility index (Phi) is 2.58. The third-order valence-electron chi connectivity index (χ3n) is 1.84. The van der Waals surface area contributed by atoms with Crippen molar-refractivity contribution in [2.45, 2.75) is 19.8 Å². The van der Waals surface area contributed by atoms with Crippen molar-refractivity contribution in [3.63, 3.8) is 0 Å². The number of phenolic OH excluding ortho intramolecular Hbond substituents is 2. The molecule has 0 bridgehead atoms. The zero-order valence-corrected chi connectivity index (χ0v) is 7.17. The van der Waals surface area contributed by atoms with E-state index in [2.05, 4.69) is 6.92 Å². The summed E-state index contributed by atoms with van der Waals surface area (Å²) in [5.74, 6) is 0.276. The van der Waals surface area contributed by atoms with Crippen molar-refractivity contribution in [3.8, 4) is 11.5 Å². The predicted molar refractivity (Wildman–Crippen MR) is 48.2 cm³/mol. The van der Waals surface area contributed by atoms with Gasteiger partial charge in [-0.05, 0) is 25.0 Å². The van der Waals surface area contributed by atoms with Crippen molar-refractivity contribution in [1.82, 2.24) is 0 Å². The van der Waals surface area contributed by atoms with E-state index in [1.54, 1.807) is 12.1 Å². The second-order valence-electron chi connectivity index (χ2n) is 2.82. The third kappa shape index (κ3) is 1.52. The molecule has 12 heavy (non-hydrogen) atoms. The molecule has 2 nitrogen and oxygen atoms in total. The molecule has 0 unspecified atom stereocenters. The van der Waals surface area contributed by atoms with E-state index in [0.29, 0.717) is 17.5 Å². The normalized spacial score (nSPS) is 10.2. The molecule has 0 aliphatic rings. The minimum atomic E-state index is 0.122. The molecule has 1 radical (unpaired) electrons. The molecule has 0 aliphatic carbocycles. The van der Waals surface area contributed by atoms with Crippen LogP contribution in [0.25, 0.3) is 0 Å². The van der Waals surface area contributed by atoms with Gasteiger partial charge in [-0.1, -0.05) is 19.4 Å². The predicted octanol–water partition coefficient (Wildman–Crippen LogP) is 2.23. The van der Waals surface area contributed by atoms with E-state index < -0.39 is 0 Å². The van der Waals surface area contributed by atoms with Gasteiger partial charge in [0.25, 0.3) is 0 Å². The Labute approximate surface area is 72.5 Å². The van der Waals surface area contributed by atoms with E-state index in [9.17, 15) is 10.2 Å². The van der Waals surface area contributed by atoms with Gasteiger partial charge in [0.1, 0.15) is 11.5 Å². The van der Waals surface area contributed by atoms with Gasteiger partial charge in [0, 0.05) is 5.56 Å². The van der Waals surface area contributed by atoms with Crippen molar-refractivity contribution < 1.29 is 10.2 Å². The minimum Gasteiger partial charge on any atom is -0.508 e. The van der Waals surface area contributed by atoms with E-state index in [0.717, 1.165) is 6.42 Å². The lowest BCUT2D eigenvalue weighted by molar-refractivity contribution is 0.436. The SMILES string of the molecule is [CH2]c1ccc(O)c(CCC)c1O. The fraction of sp³-hybridized carbons (Fsp3) is 0.300. The van der Waals surface area contributed by atoms with Gasteiger partial charge in [0.05, 0.1) is 0 Å². The minimum absolute atomic E-state index is 0.122. The molecule has 2 heteroatoms. The van der Waals surface area contributed by atoms with Crippen LogP contribution in [0.4, 0.5) is 0 Å². The van der Waals surface area contributed by atoms with Crippen molar-refractivity contribution in [1.29, 1.82) is 0 Å². The highest BCUT2D eigenvalue weighted by molar-refractivity contribution is 5.49. The number of rotatable bonds is 2. The van der Waals surface area contributed by atoms with Gasteiger partial charge in [0.2, 0.25) is 0 Å². The summed E-state index contributed by atoms with van der Waals surface area (Å²) in [5, 5.41) is 18.8. The Hall–Kier alpha value is -1.18. The Morgan fingerprint density at radius 1 is 1.33 bits per heavy atom. The van der Waals surface area contributed by atoms with Crippen molar-refractivity contribution in [2.75, 3.05) is 0 Å². The van der Waals surface area contributed by atoms with E-state index in [-0.39, 0.29) is 11.5 Å². The lowest BCUT2D eigenvalue weighted by atomic mass is 10.0. The molecular formula is C10H13O2. The Bertz CT molecular complexity index is 279. The highest BCUT2D eigenvalue weighted by Crippen LogP contribution is 2.30. The van der Waals surface area contributed by atoms with Crippen LogP contribution < -0.4 is 0 Å². The zero-order valence-electron chi connectivity index (χ0n) is 7.17. The molecule has 0 aromatic heterocycles. The summed E-state index contributed by atoms with van der Waals surface area (Å²) in [4.78, 5) is 0. The Morgan fingerprint density at radius 3 is 2.58 bits per heavy atom. The summed E-state index contributed by atoms with van der Waals surface area (Å²) in [6.07, 6.45) is 1.58. The summed E-state index contributed by atoms with van der Waals surface area (Å²) in [6.45, 7) is 5.64. The molecule has 0 amide bonds. The first kappa shape index (κ1) is 8.91. The second-order valence-corrected chi connectivity index (χ2v) is 2.82. The molecule has 0 saturated heterocycles. The van der Waals surface area contributed by atoms with Gasteiger partial charge in [-0.25, -0.2) is 0 Å². The second kappa shape index (κ2) is 3.48. The smallest absolute Gasteiger partial charge is 0.125 e. The molecule has 2 N–H and O–H groups in total. The number of aromatic hydroxyl groups is 2. The summed E-state index contributed by atoms with van der Waals surface area (Å²) < 4.78 is 0. The standard InChI is InChI=1S/C10H13O2/c1-3-4-8-9(11)6-5-7(2)10(8)12/h5-6,11-12H,2-4H2,1H3. The van der Waals surface area contributed by atoms with Crippen LogP contribution >= 0.6 is 0 Å². The molecule has 0 aliphatic heterocycles. The maximum atomic E-state index is 9.49. The van der Waals surface area contributed by atoms with E-state index in [4.69, 9.17) is 0 Å². The molecule has 1 aromatic carbocycles.